The number of carbonyl (C=O) groups excluding carboxylic acids is 2. The monoisotopic (exact) mass is 301 g/mol. The van der Waals surface area contributed by atoms with Crippen LogP contribution in [-0.2, 0) is 26.7 Å². The van der Waals surface area contributed by atoms with E-state index in [4.69, 9.17) is 11.5 Å². The summed E-state index contributed by atoms with van der Waals surface area (Å²) in [5, 5.41) is 20.3. The molecule has 1 radical (unpaired) electrons. The van der Waals surface area contributed by atoms with Gasteiger partial charge in [-0.05, 0) is 0 Å². The third-order valence-electron chi connectivity index (χ3n) is 1.18. The first-order valence-electron chi connectivity index (χ1n) is 3.62. The van der Waals surface area contributed by atoms with E-state index >= 15 is 0 Å². The zero-order valence-corrected chi connectivity index (χ0v) is 10.0. The van der Waals surface area contributed by atoms with Gasteiger partial charge in [-0.1, -0.05) is 21.6 Å². The molecule has 0 rings (SSSR count). The van der Waals surface area contributed by atoms with Gasteiger partial charge in [0.2, 0.25) is 0 Å². The van der Waals surface area contributed by atoms with Crippen LogP contribution in [-0.4, -0.2) is 35.5 Å². The summed E-state index contributed by atoms with van der Waals surface area (Å²) in [5.41, 5.74) is 10.3. The molecule has 0 aromatic carbocycles. The molecule has 0 heterocycles. The molecule has 0 aliphatic rings. The summed E-state index contributed by atoms with van der Waals surface area (Å²) >= 11 is 0. The van der Waals surface area contributed by atoms with Gasteiger partial charge in [0.15, 0.2) is 0 Å². The molecule has 0 aromatic rings. The Labute approximate surface area is 105 Å². The summed E-state index contributed by atoms with van der Waals surface area (Å²) in [6.45, 7) is 0. The first-order chi connectivity index (χ1) is 6.45. The predicted molar refractivity (Wildman–Crippen MR) is 50.9 cm³/mol. The average molecular weight is 302 g/mol. The van der Waals surface area contributed by atoms with Crippen molar-refractivity contribution in [3.63, 3.8) is 0 Å². The number of hydrogen-bond donors (Lipinski definition) is 2. The second-order valence-electron chi connectivity index (χ2n) is 2.42. The summed E-state index contributed by atoms with van der Waals surface area (Å²) in [5.74, 6) is -2.37. The van der Waals surface area contributed by atoms with Crippen molar-refractivity contribution in [2.75, 3.05) is 11.5 Å². The molecule has 2 atom stereocenters. The molecule has 1 unspecified atom stereocenters. The number of nitrogens with two attached hydrogens (primary N) is 2. The second kappa shape index (κ2) is 9.32. The predicted octanol–water partition coefficient (Wildman–Crippen LogP) is -3.48. The van der Waals surface area contributed by atoms with Crippen LogP contribution in [0.4, 0.5) is 0 Å². The Kier molecular flexibility index (Phi) is 10.9. The zero-order valence-electron chi connectivity index (χ0n) is 7.47. The summed E-state index contributed by atoms with van der Waals surface area (Å²) < 4.78 is 0. The van der Waals surface area contributed by atoms with E-state index in [-0.39, 0.29) is 28.6 Å². The molecule has 9 heteroatoms. The Morgan fingerprint density at radius 1 is 1.00 bits per heavy atom. The summed E-state index contributed by atoms with van der Waals surface area (Å²) in [6.07, 6.45) is 0. The van der Waals surface area contributed by atoms with Gasteiger partial charge in [-0.3, -0.25) is 0 Å². The molecule has 0 amide bonds. The van der Waals surface area contributed by atoms with E-state index in [0.29, 0.717) is 0 Å². The van der Waals surface area contributed by atoms with E-state index < -0.39 is 24.0 Å². The minimum Gasteiger partial charge on any atom is -0.548 e. The Morgan fingerprint density at radius 2 is 1.27 bits per heavy atom. The molecule has 0 spiro atoms. The Bertz CT molecular complexity index is 197. The smallest absolute Gasteiger partial charge is 0.548 e. The molecule has 0 fully saturated rings. The van der Waals surface area contributed by atoms with E-state index in [9.17, 15) is 19.8 Å². The van der Waals surface area contributed by atoms with E-state index in [2.05, 4.69) is 0 Å². The number of aliphatic carboxylic acids is 2. The van der Waals surface area contributed by atoms with Crippen molar-refractivity contribution < 1.29 is 36.9 Å². The van der Waals surface area contributed by atoms with Crippen LogP contribution in [0.3, 0.4) is 0 Å². The van der Waals surface area contributed by atoms with E-state index in [1.807, 2.05) is 0 Å². The molecule has 15 heavy (non-hydrogen) atoms. The van der Waals surface area contributed by atoms with Crippen LogP contribution in [0.2, 0.25) is 0 Å². The quantitative estimate of drug-likeness (QED) is 0.281. The maximum Gasteiger partial charge on any atom is 2.00 e. The summed E-state index contributed by atoms with van der Waals surface area (Å²) in [4.78, 5) is 20.3. The zero-order chi connectivity index (χ0) is 11.1. The SMILES string of the molecule is NC(CSSC[C@H](N)C(=O)[O-])C(=O)[O-].[Cu+2]. The third-order valence-corrected chi connectivity index (χ3v) is 3.66. The normalized spacial score (nSPS) is 13.7. The van der Waals surface area contributed by atoms with Crippen molar-refractivity contribution >= 4 is 33.5 Å². The molecule has 91 valence electrons. The van der Waals surface area contributed by atoms with Crippen molar-refractivity contribution in [2.24, 2.45) is 11.5 Å². The fourth-order valence-corrected chi connectivity index (χ4v) is 2.59. The van der Waals surface area contributed by atoms with Crippen molar-refractivity contribution in [3.8, 4) is 0 Å². The van der Waals surface area contributed by atoms with Crippen LogP contribution in [0, 0.1) is 0 Å². The van der Waals surface area contributed by atoms with Crippen molar-refractivity contribution in [2.45, 2.75) is 12.1 Å². The van der Waals surface area contributed by atoms with E-state index in [1.54, 1.807) is 0 Å². The van der Waals surface area contributed by atoms with Crippen LogP contribution in [0.1, 0.15) is 0 Å². The number of rotatable bonds is 7. The van der Waals surface area contributed by atoms with Gasteiger partial charge in [0.25, 0.3) is 0 Å². The molecule has 4 N–H and O–H groups in total. The van der Waals surface area contributed by atoms with Crippen molar-refractivity contribution in [3.05, 3.63) is 0 Å². The molecule has 0 aliphatic carbocycles. The fourth-order valence-electron chi connectivity index (χ4n) is 0.379. The van der Waals surface area contributed by atoms with E-state index in [1.165, 1.54) is 0 Å². The Morgan fingerprint density at radius 3 is 1.47 bits per heavy atom. The maximum absolute atomic E-state index is 10.1. The first kappa shape index (κ1) is 17.5. The fraction of sp³-hybridized carbons (Fsp3) is 0.667. The van der Waals surface area contributed by atoms with Gasteiger partial charge < -0.3 is 31.3 Å². The summed E-state index contributed by atoms with van der Waals surface area (Å²) in [7, 11) is 2.27. The second-order valence-corrected chi connectivity index (χ2v) is 4.97. The van der Waals surface area contributed by atoms with Gasteiger partial charge in [0, 0.05) is 11.5 Å². The minimum atomic E-state index is -1.33. The number of carboxylic acid groups (broad SMARTS) is 2. The molecular formula is C6H10CuN2O4S2. The molecule has 6 nitrogen and oxygen atoms in total. The van der Waals surface area contributed by atoms with Crippen LogP contribution < -0.4 is 21.7 Å². The molecule has 0 aliphatic heterocycles. The maximum atomic E-state index is 10.1. The number of carboxylic acids is 2. The first-order valence-corrected chi connectivity index (χ1v) is 6.11. The minimum absolute atomic E-state index is 0. The third kappa shape index (κ3) is 9.03. The van der Waals surface area contributed by atoms with Gasteiger partial charge in [-0.25, -0.2) is 0 Å². The van der Waals surface area contributed by atoms with Gasteiger partial charge in [-0.15, -0.1) is 0 Å². The Hall–Kier alpha value is 0.0795. The summed E-state index contributed by atoms with van der Waals surface area (Å²) in [6, 6.07) is -2.10. The largest absolute Gasteiger partial charge is 2.00 e. The van der Waals surface area contributed by atoms with Crippen LogP contribution in [0.5, 0.6) is 0 Å². The van der Waals surface area contributed by atoms with Gasteiger partial charge in [0.1, 0.15) is 0 Å². The Balaban J connectivity index is 0. The topological polar surface area (TPSA) is 132 Å². The van der Waals surface area contributed by atoms with Crippen LogP contribution >= 0.6 is 21.6 Å². The molecule has 0 saturated heterocycles. The number of hydrogen-bond acceptors (Lipinski definition) is 8. The molecule has 0 bridgehead atoms. The molecule has 0 aromatic heterocycles. The van der Waals surface area contributed by atoms with E-state index in [0.717, 1.165) is 21.6 Å². The van der Waals surface area contributed by atoms with Gasteiger partial charge >= 0.3 is 17.1 Å². The van der Waals surface area contributed by atoms with Crippen LogP contribution in [0.15, 0.2) is 0 Å². The molecular weight excluding hydrogens is 292 g/mol. The van der Waals surface area contributed by atoms with Gasteiger partial charge in [-0.2, -0.15) is 0 Å². The van der Waals surface area contributed by atoms with Crippen molar-refractivity contribution in [1.82, 2.24) is 0 Å². The van der Waals surface area contributed by atoms with Crippen molar-refractivity contribution in [1.29, 1.82) is 0 Å². The average Bonchev–Trinajstić information content (AvgIpc) is 2.11. The van der Waals surface area contributed by atoms with Crippen LogP contribution in [0.25, 0.3) is 0 Å². The number of carbonyl (C=O) groups is 2. The molecule has 0 saturated carbocycles. The standard InChI is InChI=1S/C6H12N2O4S2.Cu/c7-3(5(9)10)1-13-14-2-4(8)6(11)12;/h3-4H,1-2,7-8H2,(H,9,10)(H,11,12);/q;+2/p-2/t3-,4?;/m0./s1. The van der Waals surface area contributed by atoms with Gasteiger partial charge in [0.05, 0.1) is 24.0 Å².